The summed E-state index contributed by atoms with van der Waals surface area (Å²) in [6, 6.07) is 7.56. The highest BCUT2D eigenvalue weighted by Gasteiger charge is 2.13. The zero-order valence-electron chi connectivity index (χ0n) is 10.6. The first-order valence-corrected chi connectivity index (χ1v) is 6.41. The molecule has 0 aliphatic heterocycles. The van der Waals surface area contributed by atoms with Gasteiger partial charge in [0.05, 0.1) is 5.69 Å². The molecular weight excluding hydrogens is 248 g/mol. The Morgan fingerprint density at radius 1 is 1.28 bits per heavy atom. The molecule has 0 spiro atoms. The van der Waals surface area contributed by atoms with E-state index < -0.39 is 0 Å². The topological polar surface area (TPSA) is 56.7 Å². The van der Waals surface area contributed by atoms with Crippen LogP contribution in [-0.4, -0.2) is 21.3 Å². The van der Waals surface area contributed by atoms with Gasteiger partial charge in [-0.15, -0.1) is 0 Å². The zero-order chi connectivity index (χ0) is 13.1. The SMILES string of the molecule is CC(C)c1nc(CCN)n(-c2ccc(Cl)cc2)n1. The van der Waals surface area contributed by atoms with Crippen molar-refractivity contribution < 1.29 is 0 Å². The quantitative estimate of drug-likeness (QED) is 0.923. The molecule has 0 saturated heterocycles. The average molecular weight is 265 g/mol. The Morgan fingerprint density at radius 3 is 2.50 bits per heavy atom. The second-order valence-corrected chi connectivity index (χ2v) is 4.90. The summed E-state index contributed by atoms with van der Waals surface area (Å²) in [5, 5.41) is 5.25. The van der Waals surface area contributed by atoms with Crippen LogP contribution in [0.3, 0.4) is 0 Å². The van der Waals surface area contributed by atoms with Crippen molar-refractivity contribution in [3.63, 3.8) is 0 Å². The number of benzene rings is 1. The Labute approximate surface area is 112 Å². The first kappa shape index (κ1) is 13.1. The maximum absolute atomic E-state index is 5.89. The van der Waals surface area contributed by atoms with Gasteiger partial charge < -0.3 is 5.73 Å². The van der Waals surface area contributed by atoms with Gasteiger partial charge in [0, 0.05) is 17.4 Å². The lowest BCUT2D eigenvalue weighted by Crippen LogP contribution is -2.09. The molecule has 0 atom stereocenters. The van der Waals surface area contributed by atoms with E-state index in [0.29, 0.717) is 23.9 Å². The number of nitrogens with zero attached hydrogens (tertiary/aromatic N) is 3. The fourth-order valence-electron chi connectivity index (χ4n) is 1.69. The Morgan fingerprint density at radius 2 is 1.94 bits per heavy atom. The molecule has 0 saturated carbocycles. The van der Waals surface area contributed by atoms with Gasteiger partial charge in [-0.05, 0) is 30.8 Å². The van der Waals surface area contributed by atoms with Crippen molar-refractivity contribution in [2.75, 3.05) is 6.54 Å². The van der Waals surface area contributed by atoms with Gasteiger partial charge in [-0.25, -0.2) is 9.67 Å². The molecule has 0 amide bonds. The van der Waals surface area contributed by atoms with Crippen molar-refractivity contribution in [1.82, 2.24) is 14.8 Å². The highest BCUT2D eigenvalue weighted by atomic mass is 35.5. The number of hydrogen-bond acceptors (Lipinski definition) is 3. The van der Waals surface area contributed by atoms with Crippen LogP contribution < -0.4 is 5.73 Å². The van der Waals surface area contributed by atoms with Crippen LogP contribution in [0.2, 0.25) is 5.02 Å². The van der Waals surface area contributed by atoms with Crippen molar-refractivity contribution in [2.45, 2.75) is 26.2 Å². The molecule has 0 aliphatic rings. The van der Waals surface area contributed by atoms with Gasteiger partial charge in [-0.3, -0.25) is 0 Å². The van der Waals surface area contributed by atoms with Gasteiger partial charge in [0.25, 0.3) is 0 Å². The number of aromatic nitrogens is 3. The number of rotatable bonds is 4. The lowest BCUT2D eigenvalue weighted by atomic mass is 10.2. The summed E-state index contributed by atoms with van der Waals surface area (Å²) in [4.78, 5) is 4.54. The molecule has 1 aromatic heterocycles. The molecule has 0 fully saturated rings. The van der Waals surface area contributed by atoms with E-state index in [-0.39, 0.29) is 0 Å². The van der Waals surface area contributed by atoms with E-state index in [4.69, 9.17) is 17.3 Å². The molecule has 1 aromatic carbocycles. The van der Waals surface area contributed by atoms with Crippen LogP contribution in [0.25, 0.3) is 5.69 Å². The minimum Gasteiger partial charge on any atom is -0.330 e. The van der Waals surface area contributed by atoms with Crippen molar-refractivity contribution in [3.05, 3.63) is 40.9 Å². The summed E-state index contributed by atoms with van der Waals surface area (Å²) in [5.41, 5.74) is 6.58. The minimum atomic E-state index is 0.301. The predicted molar refractivity (Wildman–Crippen MR) is 73.2 cm³/mol. The molecular formula is C13H17ClN4. The van der Waals surface area contributed by atoms with Gasteiger partial charge in [0.2, 0.25) is 0 Å². The third-order valence-corrected chi connectivity index (χ3v) is 2.90. The molecule has 0 radical (unpaired) electrons. The largest absolute Gasteiger partial charge is 0.330 e. The van der Waals surface area contributed by atoms with E-state index in [1.54, 1.807) is 0 Å². The lowest BCUT2D eigenvalue weighted by Gasteiger charge is -2.04. The van der Waals surface area contributed by atoms with Crippen molar-refractivity contribution in [3.8, 4) is 5.69 Å². The molecule has 96 valence electrons. The summed E-state index contributed by atoms with van der Waals surface area (Å²) in [6.45, 7) is 4.71. The average Bonchev–Trinajstić information content (AvgIpc) is 2.75. The fourth-order valence-corrected chi connectivity index (χ4v) is 1.81. The molecule has 2 N–H and O–H groups in total. The Kier molecular flexibility index (Phi) is 3.99. The molecule has 4 nitrogen and oxygen atoms in total. The first-order chi connectivity index (χ1) is 8.61. The summed E-state index contributed by atoms with van der Waals surface area (Å²) in [6.07, 6.45) is 0.711. The van der Waals surface area contributed by atoms with E-state index in [0.717, 1.165) is 17.3 Å². The van der Waals surface area contributed by atoms with E-state index in [1.165, 1.54) is 0 Å². The second kappa shape index (κ2) is 5.50. The van der Waals surface area contributed by atoms with Crippen LogP contribution in [-0.2, 0) is 6.42 Å². The maximum atomic E-state index is 5.89. The third kappa shape index (κ3) is 2.71. The van der Waals surface area contributed by atoms with Crippen LogP contribution in [0, 0.1) is 0 Å². The molecule has 2 aromatic rings. The minimum absolute atomic E-state index is 0.301. The Hall–Kier alpha value is -1.39. The lowest BCUT2D eigenvalue weighted by molar-refractivity contribution is 0.743. The van der Waals surface area contributed by atoms with Crippen LogP contribution in [0.5, 0.6) is 0 Å². The Bertz CT molecular complexity index is 516. The standard InChI is InChI=1S/C13H17ClN4/c1-9(2)13-16-12(7-8-15)18(17-13)11-5-3-10(14)4-6-11/h3-6,9H,7-8,15H2,1-2H3. The molecule has 2 rings (SSSR count). The fraction of sp³-hybridized carbons (Fsp3) is 0.385. The smallest absolute Gasteiger partial charge is 0.153 e. The van der Waals surface area contributed by atoms with Crippen molar-refractivity contribution in [1.29, 1.82) is 0 Å². The summed E-state index contributed by atoms with van der Waals surface area (Å²) in [5.74, 6) is 2.03. The molecule has 0 unspecified atom stereocenters. The monoisotopic (exact) mass is 264 g/mol. The zero-order valence-corrected chi connectivity index (χ0v) is 11.4. The van der Waals surface area contributed by atoms with Crippen molar-refractivity contribution >= 4 is 11.6 Å². The van der Waals surface area contributed by atoms with Crippen LogP contribution >= 0.6 is 11.6 Å². The van der Waals surface area contributed by atoms with Crippen LogP contribution in [0.4, 0.5) is 0 Å². The molecule has 18 heavy (non-hydrogen) atoms. The Balaban J connectivity index is 2.44. The highest BCUT2D eigenvalue weighted by molar-refractivity contribution is 6.30. The predicted octanol–water partition coefficient (Wildman–Crippen LogP) is 2.55. The van der Waals surface area contributed by atoms with Gasteiger partial charge in [-0.2, -0.15) is 5.10 Å². The van der Waals surface area contributed by atoms with E-state index in [9.17, 15) is 0 Å². The number of hydrogen-bond donors (Lipinski definition) is 1. The van der Waals surface area contributed by atoms with Gasteiger partial charge in [0.15, 0.2) is 5.82 Å². The third-order valence-electron chi connectivity index (χ3n) is 2.65. The van der Waals surface area contributed by atoms with E-state index >= 15 is 0 Å². The molecule has 1 heterocycles. The second-order valence-electron chi connectivity index (χ2n) is 4.47. The normalized spacial score (nSPS) is 11.2. The molecule has 5 heteroatoms. The molecule has 0 bridgehead atoms. The van der Waals surface area contributed by atoms with E-state index in [1.807, 2.05) is 28.9 Å². The van der Waals surface area contributed by atoms with Gasteiger partial charge in [-0.1, -0.05) is 25.4 Å². The van der Waals surface area contributed by atoms with Gasteiger partial charge in [0.1, 0.15) is 5.82 Å². The summed E-state index contributed by atoms with van der Waals surface area (Å²) < 4.78 is 1.85. The van der Waals surface area contributed by atoms with Crippen LogP contribution in [0.15, 0.2) is 24.3 Å². The van der Waals surface area contributed by atoms with Crippen molar-refractivity contribution in [2.24, 2.45) is 5.73 Å². The summed E-state index contributed by atoms with van der Waals surface area (Å²) in [7, 11) is 0. The number of nitrogens with two attached hydrogens (primary N) is 1. The van der Waals surface area contributed by atoms with Crippen LogP contribution in [0.1, 0.15) is 31.4 Å². The molecule has 0 aliphatic carbocycles. The number of halogens is 1. The highest BCUT2D eigenvalue weighted by Crippen LogP contribution is 2.17. The summed E-state index contributed by atoms with van der Waals surface area (Å²) >= 11 is 5.89. The van der Waals surface area contributed by atoms with E-state index in [2.05, 4.69) is 23.9 Å². The van der Waals surface area contributed by atoms with Gasteiger partial charge >= 0.3 is 0 Å². The maximum Gasteiger partial charge on any atom is 0.153 e. The first-order valence-electron chi connectivity index (χ1n) is 6.03.